The van der Waals surface area contributed by atoms with Gasteiger partial charge >= 0.3 is 0 Å². The molecule has 6 heteroatoms. The number of carbonyl (C=O) groups is 1. The Morgan fingerprint density at radius 2 is 1.76 bits per heavy atom. The summed E-state index contributed by atoms with van der Waals surface area (Å²) in [6.07, 6.45) is 1.78. The molecule has 2 aromatic rings. The Bertz CT molecular complexity index is 764. The highest BCUT2D eigenvalue weighted by atomic mass is 19.1. The van der Waals surface area contributed by atoms with Crippen molar-refractivity contribution in [1.82, 2.24) is 14.9 Å². The fraction of sp³-hybridized carbons (Fsp3) is 0.421. The maximum atomic E-state index is 13.8. The second kappa shape index (κ2) is 6.78. The van der Waals surface area contributed by atoms with Gasteiger partial charge in [-0.3, -0.25) is 4.79 Å². The summed E-state index contributed by atoms with van der Waals surface area (Å²) in [6.45, 7) is 8.66. The van der Waals surface area contributed by atoms with Crippen LogP contribution < -0.4 is 4.90 Å². The van der Waals surface area contributed by atoms with Gasteiger partial charge in [-0.1, -0.05) is 32.9 Å². The number of hydrogen-bond donors (Lipinski definition) is 0. The summed E-state index contributed by atoms with van der Waals surface area (Å²) >= 11 is 0. The number of nitrogens with zero attached hydrogens (tertiary/aromatic N) is 4. The van der Waals surface area contributed by atoms with Crippen molar-refractivity contribution in [2.45, 2.75) is 26.2 Å². The lowest BCUT2D eigenvalue weighted by molar-refractivity contribution is 0.0742. The third kappa shape index (κ3) is 3.78. The number of rotatable bonds is 2. The van der Waals surface area contributed by atoms with Crippen LogP contribution in [0.25, 0.3) is 0 Å². The van der Waals surface area contributed by atoms with Gasteiger partial charge in [0.15, 0.2) is 0 Å². The van der Waals surface area contributed by atoms with Crippen molar-refractivity contribution in [2.75, 3.05) is 31.1 Å². The van der Waals surface area contributed by atoms with Gasteiger partial charge in [0.1, 0.15) is 17.5 Å². The van der Waals surface area contributed by atoms with Gasteiger partial charge < -0.3 is 9.80 Å². The summed E-state index contributed by atoms with van der Waals surface area (Å²) < 4.78 is 13.8. The zero-order valence-electron chi connectivity index (χ0n) is 14.9. The summed E-state index contributed by atoms with van der Waals surface area (Å²) in [5, 5.41) is 0. The van der Waals surface area contributed by atoms with Crippen LogP contribution in [-0.2, 0) is 5.41 Å². The minimum atomic E-state index is -0.472. The Hall–Kier alpha value is -2.50. The maximum Gasteiger partial charge on any atom is 0.256 e. The van der Waals surface area contributed by atoms with Gasteiger partial charge in [-0.25, -0.2) is 14.4 Å². The Morgan fingerprint density at radius 3 is 2.40 bits per heavy atom. The van der Waals surface area contributed by atoms with Crippen LogP contribution in [0.1, 0.15) is 37.0 Å². The number of piperazine rings is 1. The van der Waals surface area contributed by atoms with Crippen LogP contribution in [0, 0.1) is 5.82 Å². The van der Waals surface area contributed by atoms with Gasteiger partial charge in [0.2, 0.25) is 0 Å². The molecule has 0 N–H and O–H groups in total. The van der Waals surface area contributed by atoms with E-state index in [1.165, 1.54) is 12.1 Å². The number of halogens is 1. The molecule has 0 bridgehead atoms. The topological polar surface area (TPSA) is 49.3 Å². The lowest BCUT2D eigenvalue weighted by atomic mass is 9.96. The molecule has 25 heavy (non-hydrogen) atoms. The van der Waals surface area contributed by atoms with E-state index >= 15 is 0 Å². The van der Waals surface area contributed by atoms with E-state index in [0.29, 0.717) is 26.2 Å². The molecule has 132 valence electrons. The van der Waals surface area contributed by atoms with Gasteiger partial charge in [0, 0.05) is 37.8 Å². The summed E-state index contributed by atoms with van der Waals surface area (Å²) in [5.41, 5.74) is 0.0199. The molecule has 5 nitrogen and oxygen atoms in total. The van der Waals surface area contributed by atoms with Gasteiger partial charge in [-0.05, 0) is 18.2 Å². The zero-order chi connectivity index (χ0) is 18.0. The van der Waals surface area contributed by atoms with E-state index in [4.69, 9.17) is 0 Å². The predicted molar refractivity (Wildman–Crippen MR) is 95.2 cm³/mol. The largest absolute Gasteiger partial charge is 0.353 e. The Balaban J connectivity index is 1.68. The third-order valence-electron chi connectivity index (χ3n) is 4.31. The van der Waals surface area contributed by atoms with E-state index in [9.17, 15) is 9.18 Å². The molecule has 3 rings (SSSR count). The van der Waals surface area contributed by atoms with E-state index in [1.54, 1.807) is 23.2 Å². The number of benzene rings is 1. The summed E-state index contributed by atoms with van der Waals surface area (Å²) in [4.78, 5) is 25.3. The molecule has 1 amide bonds. The second-order valence-electron chi connectivity index (χ2n) is 7.25. The van der Waals surface area contributed by atoms with E-state index in [-0.39, 0.29) is 16.9 Å². The first-order chi connectivity index (χ1) is 11.9. The summed E-state index contributed by atoms with van der Waals surface area (Å²) in [7, 11) is 0. The minimum absolute atomic E-state index is 0.112. The number of amides is 1. The molecule has 0 spiro atoms. The van der Waals surface area contributed by atoms with Crippen LogP contribution in [0.2, 0.25) is 0 Å². The number of hydrogen-bond acceptors (Lipinski definition) is 4. The van der Waals surface area contributed by atoms with Crippen LogP contribution in [0.4, 0.5) is 10.2 Å². The molecule has 1 aromatic carbocycles. The van der Waals surface area contributed by atoms with Gasteiger partial charge in [0.05, 0.1) is 5.56 Å². The zero-order valence-corrected chi connectivity index (χ0v) is 14.9. The average molecular weight is 342 g/mol. The Labute approximate surface area is 147 Å². The SMILES string of the molecule is CC(C)(C)c1nccc(N2CCN(C(=O)c3ccccc3F)CC2)n1. The number of aromatic nitrogens is 2. The molecule has 1 aliphatic heterocycles. The smallest absolute Gasteiger partial charge is 0.256 e. The standard InChI is InChI=1S/C19H23FN4O/c1-19(2,3)18-21-9-8-16(22-18)23-10-12-24(13-11-23)17(25)14-6-4-5-7-15(14)20/h4-9H,10-13H2,1-3H3. The lowest BCUT2D eigenvalue weighted by Gasteiger charge is -2.35. The van der Waals surface area contributed by atoms with Crippen molar-refractivity contribution in [1.29, 1.82) is 0 Å². The van der Waals surface area contributed by atoms with Gasteiger partial charge in [-0.2, -0.15) is 0 Å². The fourth-order valence-electron chi connectivity index (χ4n) is 2.83. The van der Waals surface area contributed by atoms with Gasteiger partial charge in [-0.15, -0.1) is 0 Å². The first kappa shape index (κ1) is 17.3. The molecule has 1 aromatic heterocycles. The van der Waals surface area contributed by atoms with Crippen molar-refractivity contribution in [3.63, 3.8) is 0 Å². The molecule has 0 radical (unpaired) electrons. The molecule has 0 unspecified atom stereocenters. The van der Waals surface area contributed by atoms with E-state index in [2.05, 4.69) is 35.6 Å². The number of carbonyl (C=O) groups excluding carboxylic acids is 1. The van der Waals surface area contributed by atoms with Crippen LogP contribution in [0.15, 0.2) is 36.5 Å². The molecule has 1 fully saturated rings. The van der Waals surface area contributed by atoms with Crippen LogP contribution in [-0.4, -0.2) is 47.0 Å². The lowest BCUT2D eigenvalue weighted by Crippen LogP contribution is -2.49. The quantitative estimate of drug-likeness (QED) is 0.842. The molecule has 1 saturated heterocycles. The predicted octanol–water partition coefficient (Wildman–Crippen LogP) is 2.88. The van der Waals surface area contributed by atoms with E-state index in [1.807, 2.05) is 6.07 Å². The first-order valence-corrected chi connectivity index (χ1v) is 8.48. The molecule has 0 aliphatic carbocycles. The third-order valence-corrected chi connectivity index (χ3v) is 4.31. The van der Waals surface area contributed by atoms with Crippen molar-refractivity contribution < 1.29 is 9.18 Å². The van der Waals surface area contributed by atoms with Crippen LogP contribution in [0.5, 0.6) is 0 Å². The highest BCUT2D eigenvalue weighted by molar-refractivity contribution is 5.94. The van der Waals surface area contributed by atoms with Crippen molar-refractivity contribution >= 4 is 11.7 Å². The van der Waals surface area contributed by atoms with Crippen molar-refractivity contribution in [3.05, 3.63) is 53.7 Å². The molecular weight excluding hydrogens is 319 g/mol. The minimum Gasteiger partial charge on any atom is -0.353 e. The summed E-state index contributed by atoms with van der Waals surface area (Å²) in [6, 6.07) is 8.01. The van der Waals surface area contributed by atoms with Crippen LogP contribution >= 0.6 is 0 Å². The van der Waals surface area contributed by atoms with Crippen molar-refractivity contribution in [2.24, 2.45) is 0 Å². The highest BCUT2D eigenvalue weighted by Gasteiger charge is 2.25. The van der Waals surface area contributed by atoms with Crippen molar-refractivity contribution in [3.8, 4) is 0 Å². The Kier molecular flexibility index (Phi) is 4.70. The van der Waals surface area contributed by atoms with E-state index in [0.717, 1.165) is 11.6 Å². The average Bonchev–Trinajstić information content (AvgIpc) is 2.61. The summed E-state index contributed by atoms with van der Waals surface area (Å²) in [5.74, 6) is 0.948. The monoisotopic (exact) mass is 342 g/mol. The molecular formula is C19H23FN4O. The van der Waals surface area contributed by atoms with Gasteiger partial charge in [0.25, 0.3) is 5.91 Å². The normalized spacial score (nSPS) is 15.4. The van der Waals surface area contributed by atoms with Crippen LogP contribution in [0.3, 0.4) is 0 Å². The first-order valence-electron chi connectivity index (χ1n) is 8.48. The maximum absolute atomic E-state index is 13.8. The fourth-order valence-corrected chi connectivity index (χ4v) is 2.83. The molecule has 1 aliphatic rings. The molecule has 2 heterocycles. The molecule has 0 atom stereocenters. The second-order valence-corrected chi connectivity index (χ2v) is 7.25. The highest BCUT2D eigenvalue weighted by Crippen LogP contribution is 2.21. The number of anilines is 1. The Morgan fingerprint density at radius 1 is 1.08 bits per heavy atom. The van der Waals surface area contributed by atoms with E-state index < -0.39 is 5.82 Å². The molecule has 0 saturated carbocycles.